The molecule has 3 nitrogen and oxygen atoms in total. The molecule has 0 atom stereocenters. The Morgan fingerprint density at radius 1 is 1.17 bits per heavy atom. The van der Waals surface area contributed by atoms with Gasteiger partial charge in [0, 0.05) is 6.04 Å². The molecule has 1 N–H and O–H groups in total. The van der Waals surface area contributed by atoms with Gasteiger partial charge in [0.25, 0.3) is 0 Å². The SMILES string of the molecule is Cc1cc(C)c(COC(=O)CNC(C)C)cc1C. The topological polar surface area (TPSA) is 38.3 Å². The molecule has 0 spiro atoms. The summed E-state index contributed by atoms with van der Waals surface area (Å²) in [5.74, 6) is -0.207. The number of benzene rings is 1. The van der Waals surface area contributed by atoms with Crippen LogP contribution in [0, 0.1) is 20.8 Å². The predicted octanol–water partition coefficient (Wildman–Crippen LogP) is 2.65. The molecule has 1 aromatic rings. The molecule has 0 aliphatic rings. The van der Waals surface area contributed by atoms with Crippen molar-refractivity contribution in [2.45, 2.75) is 47.3 Å². The van der Waals surface area contributed by atoms with E-state index in [1.165, 1.54) is 16.7 Å². The first kappa shape index (κ1) is 14.7. The number of rotatable bonds is 5. The zero-order valence-corrected chi connectivity index (χ0v) is 12.0. The van der Waals surface area contributed by atoms with Crippen LogP contribution in [0.2, 0.25) is 0 Å². The Morgan fingerprint density at radius 2 is 1.78 bits per heavy atom. The van der Waals surface area contributed by atoms with Crippen molar-refractivity contribution < 1.29 is 9.53 Å². The molecule has 1 rings (SSSR count). The second-order valence-electron chi connectivity index (χ2n) is 5.06. The fraction of sp³-hybridized carbons (Fsp3) is 0.533. The minimum atomic E-state index is -0.207. The van der Waals surface area contributed by atoms with Gasteiger partial charge in [-0.2, -0.15) is 0 Å². The molecule has 3 heteroatoms. The van der Waals surface area contributed by atoms with Crippen molar-refractivity contribution in [1.29, 1.82) is 0 Å². The fourth-order valence-electron chi connectivity index (χ4n) is 1.67. The second-order valence-corrected chi connectivity index (χ2v) is 5.06. The molecule has 0 unspecified atom stereocenters. The monoisotopic (exact) mass is 249 g/mol. The number of hydrogen-bond donors (Lipinski definition) is 1. The van der Waals surface area contributed by atoms with E-state index in [9.17, 15) is 4.79 Å². The van der Waals surface area contributed by atoms with Gasteiger partial charge in [0.15, 0.2) is 0 Å². The van der Waals surface area contributed by atoms with Gasteiger partial charge in [-0.05, 0) is 43.0 Å². The largest absolute Gasteiger partial charge is 0.460 e. The van der Waals surface area contributed by atoms with Crippen LogP contribution in [-0.4, -0.2) is 18.6 Å². The predicted molar refractivity (Wildman–Crippen MR) is 73.6 cm³/mol. The lowest BCUT2D eigenvalue weighted by Gasteiger charge is -2.11. The minimum Gasteiger partial charge on any atom is -0.460 e. The number of carbonyl (C=O) groups is 1. The van der Waals surface area contributed by atoms with E-state index in [0.29, 0.717) is 12.6 Å². The van der Waals surface area contributed by atoms with Crippen LogP contribution < -0.4 is 5.32 Å². The molecule has 0 saturated carbocycles. The number of hydrogen-bond acceptors (Lipinski definition) is 3. The summed E-state index contributed by atoms with van der Waals surface area (Å²) in [6.07, 6.45) is 0. The fourth-order valence-corrected chi connectivity index (χ4v) is 1.67. The van der Waals surface area contributed by atoms with Crippen molar-refractivity contribution in [3.8, 4) is 0 Å². The zero-order valence-electron chi connectivity index (χ0n) is 12.0. The molecule has 0 bridgehead atoms. The van der Waals surface area contributed by atoms with Gasteiger partial charge in [-0.25, -0.2) is 0 Å². The van der Waals surface area contributed by atoms with E-state index in [4.69, 9.17) is 4.74 Å². The van der Waals surface area contributed by atoms with Crippen molar-refractivity contribution in [1.82, 2.24) is 5.32 Å². The second kappa shape index (κ2) is 6.55. The molecule has 18 heavy (non-hydrogen) atoms. The van der Waals surface area contributed by atoms with E-state index >= 15 is 0 Å². The van der Waals surface area contributed by atoms with E-state index in [2.05, 4.69) is 31.3 Å². The van der Waals surface area contributed by atoms with Gasteiger partial charge in [-0.3, -0.25) is 4.79 Å². The third-order valence-corrected chi connectivity index (χ3v) is 3.00. The van der Waals surface area contributed by atoms with Gasteiger partial charge in [0.05, 0.1) is 6.54 Å². The third-order valence-electron chi connectivity index (χ3n) is 3.00. The Hall–Kier alpha value is -1.35. The maximum Gasteiger partial charge on any atom is 0.320 e. The van der Waals surface area contributed by atoms with E-state index in [0.717, 1.165) is 5.56 Å². The Balaban J connectivity index is 2.53. The first-order valence-electron chi connectivity index (χ1n) is 6.36. The summed E-state index contributed by atoms with van der Waals surface area (Å²) >= 11 is 0. The lowest BCUT2D eigenvalue weighted by atomic mass is 10.0. The highest BCUT2D eigenvalue weighted by Crippen LogP contribution is 2.16. The Morgan fingerprint density at radius 3 is 2.39 bits per heavy atom. The molecule has 1 aromatic carbocycles. The Labute approximate surface area is 110 Å². The molecule has 0 aliphatic carbocycles. The summed E-state index contributed by atoms with van der Waals surface area (Å²) < 4.78 is 5.25. The van der Waals surface area contributed by atoms with E-state index in [-0.39, 0.29) is 12.5 Å². The number of aryl methyl sites for hydroxylation is 3. The quantitative estimate of drug-likeness (QED) is 0.815. The molecule has 0 heterocycles. The van der Waals surface area contributed by atoms with Gasteiger partial charge in [-0.15, -0.1) is 0 Å². The number of ether oxygens (including phenoxy) is 1. The third kappa shape index (κ3) is 4.49. The first-order valence-corrected chi connectivity index (χ1v) is 6.36. The van der Waals surface area contributed by atoms with Crippen LogP contribution in [0.15, 0.2) is 12.1 Å². The lowest BCUT2D eigenvalue weighted by Crippen LogP contribution is -2.30. The zero-order chi connectivity index (χ0) is 13.7. The highest BCUT2D eigenvalue weighted by molar-refractivity contribution is 5.71. The maximum absolute atomic E-state index is 11.5. The average Bonchev–Trinajstić information content (AvgIpc) is 2.29. The van der Waals surface area contributed by atoms with Crippen molar-refractivity contribution in [3.05, 3.63) is 34.4 Å². The molecule has 100 valence electrons. The highest BCUT2D eigenvalue weighted by Gasteiger charge is 2.07. The summed E-state index contributed by atoms with van der Waals surface area (Å²) in [5.41, 5.74) is 4.75. The number of nitrogens with one attached hydrogen (secondary N) is 1. The van der Waals surface area contributed by atoms with Crippen molar-refractivity contribution in [3.63, 3.8) is 0 Å². The van der Waals surface area contributed by atoms with Crippen LogP contribution in [0.3, 0.4) is 0 Å². The van der Waals surface area contributed by atoms with Gasteiger partial charge >= 0.3 is 5.97 Å². The molecule has 0 aromatic heterocycles. The van der Waals surface area contributed by atoms with Crippen LogP contribution in [0.1, 0.15) is 36.1 Å². The van der Waals surface area contributed by atoms with Gasteiger partial charge < -0.3 is 10.1 Å². The molecule has 0 radical (unpaired) electrons. The van der Waals surface area contributed by atoms with E-state index < -0.39 is 0 Å². The summed E-state index contributed by atoms with van der Waals surface area (Å²) in [5, 5.41) is 3.04. The van der Waals surface area contributed by atoms with Crippen LogP contribution in [0.5, 0.6) is 0 Å². The summed E-state index contributed by atoms with van der Waals surface area (Å²) in [7, 11) is 0. The van der Waals surface area contributed by atoms with Crippen molar-refractivity contribution >= 4 is 5.97 Å². The van der Waals surface area contributed by atoms with E-state index in [1.54, 1.807) is 0 Å². The maximum atomic E-state index is 11.5. The van der Waals surface area contributed by atoms with Crippen LogP contribution >= 0.6 is 0 Å². The normalized spacial score (nSPS) is 10.8. The lowest BCUT2D eigenvalue weighted by molar-refractivity contribution is -0.143. The van der Waals surface area contributed by atoms with Crippen LogP contribution in [0.25, 0.3) is 0 Å². The Kier molecular flexibility index (Phi) is 5.35. The summed E-state index contributed by atoms with van der Waals surface area (Å²) in [4.78, 5) is 11.5. The van der Waals surface area contributed by atoms with Crippen molar-refractivity contribution in [2.24, 2.45) is 0 Å². The standard InChI is InChI=1S/C15H23NO2/c1-10(2)16-8-15(17)18-9-14-7-12(4)11(3)6-13(14)5/h6-7,10,16H,8-9H2,1-5H3. The molecule has 0 fully saturated rings. The van der Waals surface area contributed by atoms with Crippen LogP contribution in [-0.2, 0) is 16.1 Å². The smallest absolute Gasteiger partial charge is 0.320 e. The molecular weight excluding hydrogens is 226 g/mol. The van der Waals surface area contributed by atoms with E-state index in [1.807, 2.05) is 20.8 Å². The highest BCUT2D eigenvalue weighted by atomic mass is 16.5. The van der Waals surface area contributed by atoms with Gasteiger partial charge in [0.2, 0.25) is 0 Å². The first-order chi connectivity index (χ1) is 8.40. The van der Waals surface area contributed by atoms with Crippen LogP contribution in [0.4, 0.5) is 0 Å². The number of carbonyl (C=O) groups excluding carboxylic acids is 1. The summed E-state index contributed by atoms with van der Waals surface area (Å²) in [6, 6.07) is 4.51. The minimum absolute atomic E-state index is 0.207. The van der Waals surface area contributed by atoms with Crippen molar-refractivity contribution in [2.75, 3.05) is 6.54 Å². The molecule has 0 saturated heterocycles. The number of esters is 1. The van der Waals surface area contributed by atoms with Gasteiger partial charge in [-0.1, -0.05) is 26.0 Å². The molecule has 0 aliphatic heterocycles. The Bertz CT molecular complexity index is 425. The summed E-state index contributed by atoms with van der Waals surface area (Å²) in [6.45, 7) is 10.8. The molecule has 0 amide bonds. The average molecular weight is 249 g/mol. The molecular formula is C15H23NO2. The van der Waals surface area contributed by atoms with Gasteiger partial charge in [0.1, 0.15) is 6.61 Å².